The second-order valence-electron chi connectivity index (χ2n) is 4.91. The minimum absolute atomic E-state index is 0.0946. The molecule has 1 aliphatic heterocycles. The molecule has 0 aliphatic carbocycles. The van der Waals surface area contributed by atoms with Gasteiger partial charge in [0.05, 0.1) is 5.54 Å². The van der Waals surface area contributed by atoms with Crippen molar-refractivity contribution in [3.8, 4) is 0 Å². The van der Waals surface area contributed by atoms with E-state index in [4.69, 9.17) is 0 Å². The van der Waals surface area contributed by atoms with Gasteiger partial charge in [-0.15, -0.1) is 0 Å². The Hall–Kier alpha value is -0.570. The number of piperazine rings is 1. The smallest absolute Gasteiger partial charge is 0.240 e. The molecule has 1 aliphatic rings. The van der Waals surface area contributed by atoms with Crippen LogP contribution in [-0.2, 0) is 4.79 Å². The van der Waals surface area contributed by atoms with Gasteiger partial charge in [0.25, 0.3) is 0 Å². The summed E-state index contributed by atoms with van der Waals surface area (Å²) in [5.41, 5.74) is -0.452. The van der Waals surface area contributed by atoms with Crippen molar-refractivity contribution in [1.29, 1.82) is 0 Å². The summed E-state index contributed by atoms with van der Waals surface area (Å²) in [5.74, 6) is 0.130. The number of amides is 1. The molecule has 1 heterocycles. The van der Waals surface area contributed by atoms with Gasteiger partial charge in [0, 0.05) is 12.1 Å². The van der Waals surface area contributed by atoms with Crippen LogP contribution in [0.5, 0.6) is 0 Å². The van der Waals surface area contributed by atoms with Crippen LogP contribution in [0.25, 0.3) is 0 Å². The molecule has 0 radical (unpaired) electrons. The zero-order valence-corrected chi connectivity index (χ0v) is 9.27. The van der Waals surface area contributed by atoms with E-state index < -0.39 is 0 Å². The Bertz CT molecular complexity index is 221. The van der Waals surface area contributed by atoms with Gasteiger partial charge in [0.1, 0.15) is 0 Å². The van der Waals surface area contributed by atoms with Gasteiger partial charge in [0.2, 0.25) is 5.91 Å². The average molecular weight is 184 g/mol. The van der Waals surface area contributed by atoms with E-state index in [1.54, 1.807) is 0 Å². The average Bonchev–Trinajstić information content (AvgIpc) is 1.97. The van der Waals surface area contributed by atoms with Crippen molar-refractivity contribution in [1.82, 2.24) is 10.2 Å². The molecule has 0 atom stereocenters. The second-order valence-corrected chi connectivity index (χ2v) is 4.91. The van der Waals surface area contributed by atoms with Crippen LogP contribution in [-0.4, -0.2) is 35.0 Å². The van der Waals surface area contributed by atoms with Crippen molar-refractivity contribution < 1.29 is 4.79 Å². The van der Waals surface area contributed by atoms with Crippen molar-refractivity contribution in [2.45, 2.75) is 45.7 Å². The predicted molar refractivity (Wildman–Crippen MR) is 53.5 cm³/mol. The number of carbonyl (C=O) groups excluding carboxylic acids is 1. The van der Waals surface area contributed by atoms with Crippen LogP contribution in [0.3, 0.4) is 0 Å². The summed E-state index contributed by atoms with van der Waals surface area (Å²) in [6.45, 7) is 12.0. The summed E-state index contributed by atoms with van der Waals surface area (Å²) in [7, 11) is 0. The molecule has 0 bridgehead atoms. The maximum Gasteiger partial charge on any atom is 0.240 e. The van der Waals surface area contributed by atoms with Gasteiger partial charge < -0.3 is 5.32 Å². The number of rotatable bonds is 1. The first-order chi connectivity index (χ1) is 5.79. The third-order valence-corrected chi connectivity index (χ3v) is 2.77. The summed E-state index contributed by atoms with van der Waals surface area (Å²) < 4.78 is 0. The molecule has 3 nitrogen and oxygen atoms in total. The first-order valence-electron chi connectivity index (χ1n) is 4.87. The van der Waals surface area contributed by atoms with Gasteiger partial charge in [-0.3, -0.25) is 9.69 Å². The lowest BCUT2D eigenvalue weighted by Crippen LogP contribution is -2.69. The second kappa shape index (κ2) is 2.98. The van der Waals surface area contributed by atoms with E-state index in [2.05, 4.69) is 31.0 Å². The molecule has 1 saturated heterocycles. The van der Waals surface area contributed by atoms with Crippen LogP contribution in [0.4, 0.5) is 0 Å². The maximum absolute atomic E-state index is 11.7. The van der Waals surface area contributed by atoms with Gasteiger partial charge in [-0.1, -0.05) is 6.92 Å². The molecule has 1 fully saturated rings. The zero-order chi connectivity index (χ0) is 10.3. The van der Waals surface area contributed by atoms with Crippen molar-refractivity contribution in [3.63, 3.8) is 0 Å². The molecule has 1 amide bonds. The van der Waals surface area contributed by atoms with Crippen LogP contribution >= 0.6 is 0 Å². The van der Waals surface area contributed by atoms with Crippen LogP contribution in [0.15, 0.2) is 0 Å². The summed E-state index contributed by atoms with van der Waals surface area (Å²) in [6, 6.07) is 0. The number of carbonyl (C=O) groups is 1. The van der Waals surface area contributed by atoms with Gasteiger partial charge in [-0.2, -0.15) is 0 Å². The van der Waals surface area contributed by atoms with Crippen LogP contribution in [0.2, 0.25) is 0 Å². The van der Waals surface area contributed by atoms with Crippen LogP contribution < -0.4 is 5.32 Å². The minimum Gasteiger partial charge on any atom is -0.348 e. The van der Waals surface area contributed by atoms with Crippen molar-refractivity contribution in [3.05, 3.63) is 0 Å². The SMILES string of the molecule is CCN1CC(C)(C)NC(=O)C1(C)C. The highest BCUT2D eigenvalue weighted by atomic mass is 16.2. The monoisotopic (exact) mass is 184 g/mol. The number of hydrogen-bond donors (Lipinski definition) is 1. The number of hydrogen-bond acceptors (Lipinski definition) is 2. The molecule has 1 N–H and O–H groups in total. The minimum atomic E-state index is -0.357. The maximum atomic E-state index is 11.7. The highest BCUT2D eigenvalue weighted by molar-refractivity contribution is 5.86. The lowest BCUT2D eigenvalue weighted by molar-refractivity contribution is -0.139. The Morgan fingerprint density at radius 1 is 1.38 bits per heavy atom. The Morgan fingerprint density at radius 3 is 2.38 bits per heavy atom. The first kappa shape index (κ1) is 10.5. The predicted octanol–water partition coefficient (Wildman–Crippen LogP) is 0.995. The van der Waals surface area contributed by atoms with Gasteiger partial charge in [0.15, 0.2) is 0 Å². The molecule has 13 heavy (non-hydrogen) atoms. The highest BCUT2D eigenvalue weighted by Gasteiger charge is 2.43. The van der Waals surface area contributed by atoms with Crippen molar-refractivity contribution >= 4 is 5.91 Å². The zero-order valence-electron chi connectivity index (χ0n) is 9.27. The van der Waals surface area contributed by atoms with E-state index in [-0.39, 0.29) is 17.0 Å². The molecule has 1 rings (SSSR count). The molecule has 0 aromatic rings. The third kappa shape index (κ3) is 1.85. The van der Waals surface area contributed by atoms with E-state index in [1.807, 2.05) is 13.8 Å². The fourth-order valence-corrected chi connectivity index (χ4v) is 1.83. The van der Waals surface area contributed by atoms with Gasteiger partial charge in [-0.05, 0) is 34.2 Å². The molecule has 3 heteroatoms. The third-order valence-electron chi connectivity index (χ3n) is 2.77. The van der Waals surface area contributed by atoms with E-state index in [0.29, 0.717) is 0 Å². The lowest BCUT2D eigenvalue weighted by atomic mass is 9.91. The molecule has 0 spiro atoms. The highest BCUT2D eigenvalue weighted by Crippen LogP contribution is 2.23. The summed E-state index contributed by atoms with van der Waals surface area (Å²) in [5, 5.41) is 3.03. The van der Waals surface area contributed by atoms with Crippen molar-refractivity contribution in [2.24, 2.45) is 0 Å². The molecule has 0 aromatic carbocycles. The number of nitrogens with one attached hydrogen (secondary N) is 1. The Morgan fingerprint density at radius 2 is 1.92 bits per heavy atom. The number of nitrogens with zero attached hydrogens (tertiary/aromatic N) is 1. The molecule has 0 aromatic heterocycles. The van der Waals surface area contributed by atoms with Crippen LogP contribution in [0.1, 0.15) is 34.6 Å². The van der Waals surface area contributed by atoms with E-state index in [0.717, 1.165) is 13.1 Å². The quantitative estimate of drug-likeness (QED) is 0.659. The topological polar surface area (TPSA) is 32.3 Å². The lowest BCUT2D eigenvalue weighted by Gasteiger charge is -2.47. The molecular weight excluding hydrogens is 164 g/mol. The summed E-state index contributed by atoms with van der Waals surface area (Å²) >= 11 is 0. The molecule has 0 unspecified atom stereocenters. The normalized spacial score (nSPS) is 27.0. The molecule has 76 valence electrons. The number of likely N-dealkylation sites (N-methyl/N-ethyl adjacent to an activating group) is 1. The van der Waals surface area contributed by atoms with Crippen LogP contribution in [0, 0.1) is 0 Å². The van der Waals surface area contributed by atoms with E-state index in [9.17, 15) is 4.79 Å². The van der Waals surface area contributed by atoms with E-state index >= 15 is 0 Å². The summed E-state index contributed by atoms with van der Waals surface area (Å²) in [6.07, 6.45) is 0. The summed E-state index contributed by atoms with van der Waals surface area (Å²) in [4.78, 5) is 14.0. The Balaban J connectivity index is 2.88. The first-order valence-corrected chi connectivity index (χ1v) is 4.87. The van der Waals surface area contributed by atoms with Gasteiger partial charge >= 0.3 is 0 Å². The fourth-order valence-electron chi connectivity index (χ4n) is 1.83. The Labute approximate surface area is 80.5 Å². The fraction of sp³-hybridized carbons (Fsp3) is 0.900. The molecular formula is C10H20N2O. The van der Waals surface area contributed by atoms with Crippen molar-refractivity contribution in [2.75, 3.05) is 13.1 Å². The largest absolute Gasteiger partial charge is 0.348 e. The van der Waals surface area contributed by atoms with Gasteiger partial charge in [-0.25, -0.2) is 0 Å². The van der Waals surface area contributed by atoms with E-state index in [1.165, 1.54) is 0 Å². The molecule has 0 saturated carbocycles. The standard InChI is InChI=1S/C10H20N2O/c1-6-12-7-9(2,3)11-8(13)10(12,4)5/h6-7H2,1-5H3,(H,11,13). The Kier molecular flexibility index (Phi) is 2.41.